The minimum absolute atomic E-state index is 0.00753. The van der Waals surface area contributed by atoms with Crippen LogP contribution in [0.1, 0.15) is 36.5 Å². The third-order valence-corrected chi connectivity index (χ3v) is 7.81. The van der Waals surface area contributed by atoms with Gasteiger partial charge in [0.05, 0.1) is 0 Å². The molecule has 2 aromatic rings. The lowest BCUT2D eigenvalue weighted by molar-refractivity contribution is -0.113. The number of nitrogens with zero attached hydrogens (tertiary/aromatic N) is 2. The zero-order valence-corrected chi connectivity index (χ0v) is 21.2. The van der Waals surface area contributed by atoms with Gasteiger partial charge in [-0.3, -0.25) is 4.79 Å². The molecule has 2 aliphatic heterocycles. The molecule has 1 amide bonds. The Hall–Kier alpha value is -2.50. The van der Waals surface area contributed by atoms with Crippen molar-refractivity contribution in [1.82, 2.24) is 4.90 Å². The molecule has 0 radical (unpaired) electrons. The van der Waals surface area contributed by atoms with Crippen LogP contribution in [0.3, 0.4) is 0 Å². The van der Waals surface area contributed by atoms with Gasteiger partial charge < -0.3 is 15.1 Å². The van der Waals surface area contributed by atoms with Crippen LogP contribution in [0.15, 0.2) is 59.5 Å². The van der Waals surface area contributed by atoms with E-state index in [1.54, 1.807) is 11.8 Å². The number of benzene rings is 2. The highest BCUT2D eigenvalue weighted by Crippen LogP contribution is 2.37. The van der Waals surface area contributed by atoms with E-state index in [1.165, 1.54) is 33.7 Å². The molecule has 2 aromatic carbocycles. The van der Waals surface area contributed by atoms with Gasteiger partial charge in [-0.1, -0.05) is 48.5 Å². The minimum Gasteiger partial charge on any atom is -0.370 e. The second-order valence-electron chi connectivity index (χ2n) is 9.57. The Morgan fingerprint density at radius 3 is 2.55 bits per heavy atom. The molecule has 4 rings (SSSR count). The van der Waals surface area contributed by atoms with Crippen molar-refractivity contribution < 1.29 is 4.79 Å². The van der Waals surface area contributed by atoms with Crippen molar-refractivity contribution in [3.63, 3.8) is 0 Å². The van der Waals surface area contributed by atoms with Gasteiger partial charge in [-0.05, 0) is 87.5 Å². The topological polar surface area (TPSA) is 35.6 Å². The zero-order chi connectivity index (χ0) is 23.5. The van der Waals surface area contributed by atoms with Crippen LogP contribution < -0.4 is 10.2 Å². The lowest BCUT2D eigenvalue weighted by atomic mass is 9.97. The molecule has 0 spiro atoms. The maximum atomic E-state index is 13.1. The van der Waals surface area contributed by atoms with Crippen LogP contribution in [0.25, 0.3) is 4.91 Å². The second kappa shape index (κ2) is 10.2. The lowest BCUT2D eigenvalue weighted by Gasteiger charge is -2.22. The van der Waals surface area contributed by atoms with Gasteiger partial charge in [0.2, 0.25) is 0 Å². The van der Waals surface area contributed by atoms with Crippen molar-refractivity contribution >= 4 is 33.9 Å². The summed E-state index contributed by atoms with van der Waals surface area (Å²) in [6, 6.07) is 15.4. The van der Waals surface area contributed by atoms with E-state index in [1.807, 2.05) is 17.5 Å². The number of carbonyl (C=O) groups is 1. The Kier molecular flexibility index (Phi) is 7.30. The normalized spacial score (nSPS) is 21.0. The first-order valence-electron chi connectivity index (χ1n) is 11.8. The van der Waals surface area contributed by atoms with Gasteiger partial charge in [-0.15, -0.1) is 0 Å². The van der Waals surface area contributed by atoms with Gasteiger partial charge in [0.1, 0.15) is 0 Å². The molecule has 2 atom stereocenters. The number of hydrogen-bond acceptors (Lipinski definition) is 4. The molecule has 0 aliphatic carbocycles. The van der Waals surface area contributed by atoms with E-state index in [0.717, 1.165) is 30.8 Å². The van der Waals surface area contributed by atoms with Crippen molar-refractivity contribution in [2.75, 3.05) is 37.4 Å². The number of nitrogens with one attached hydrogen (secondary N) is 1. The smallest absolute Gasteiger partial charge is 0.252 e. The van der Waals surface area contributed by atoms with Crippen molar-refractivity contribution in [3.8, 4) is 0 Å². The second-order valence-corrected chi connectivity index (χ2v) is 10.5. The third-order valence-electron chi connectivity index (χ3n) is 6.79. The highest BCUT2D eigenvalue weighted by Gasteiger charge is 2.24. The summed E-state index contributed by atoms with van der Waals surface area (Å²) in [5.74, 6) is 0.166. The number of rotatable bonds is 5. The van der Waals surface area contributed by atoms with Gasteiger partial charge >= 0.3 is 0 Å². The Balaban J connectivity index is 1.41. The minimum atomic E-state index is -0.00753. The molecule has 0 bridgehead atoms. The molecule has 1 N–H and O–H groups in total. The number of amides is 1. The molecular formula is C28H35N3OS. The Bertz CT molecular complexity index is 1070. The molecule has 0 aromatic heterocycles. The fourth-order valence-electron chi connectivity index (χ4n) is 4.60. The number of allylic oxidation sites excluding steroid dienone is 1. The Morgan fingerprint density at radius 2 is 1.88 bits per heavy atom. The molecule has 1 saturated heterocycles. The molecule has 2 unspecified atom stereocenters. The zero-order valence-electron chi connectivity index (χ0n) is 20.4. The van der Waals surface area contributed by atoms with E-state index in [2.05, 4.69) is 86.4 Å². The summed E-state index contributed by atoms with van der Waals surface area (Å²) in [6.07, 6.45) is 4.32. The predicted molar refractivity (Wildman–Crippen MR) is 143 cm³/mol. The van der Waals surface area contributed by atoms with Crippen molar-refractivity contribution in [1.29, 1.82) is 0 Å². The molecule has 1 fully saturated rings. The monoisotopic (exact) mass is 461 g/mol. The van der Waals surface area contributed by atoms with E-state index in [-0.39, 0.29) is 11.8 Å². The average Bonchev–Trinajstić information content (AvgIpc) is 3.20. The van der Waals surface area contributed by atoms with Gasteiger partial charge in [-0.25, -0.2) is 0 Å². The van der Waals surface area contributed by atoms with E-state index >= 15 is 0 Å². The number of likely N-dealkylation sites (N-methyl/N-ethyl adjacent to an activating group) is 1. The first-order chi connectivity index (χ1) is 15.8. The largest absolute Gasteiger partial charge is 0.370 e. The summed E-state index contributed by atoms with van der Waals surface area (Å²) >= 11 is 1.66. The number of anilines is 2. The van der Waals surface area contributed by atoms with E-state index in [0.29, 0.717) is 6.04 Å². The van der Waals surface area contributed by atoms with Crippen molar-refractivity contribution in [3.05, 3.63) is 76.2 Å². The van der Waals surface area contributed by atoms with Crippen LogP contribution in [-0.2, 0) is 4.79 Å². The number of hydrogen-bond donors (Lipinski definition) is 1. The van der Waals surface area contributed by atoms with Crippen LogP contribution in [-0.4, -0.2) is 44.0 Å². The number of thioether (sulfide) groups is 1. The molecule has 174 valence electrons. The average molecular weight is 462 g/mol. The predicted octanol–water partition coefficient (Wildman–Crippen LogP) is 6.08. The molecule has 2 heterocycles. The summed E-state index contributed by atoms with van der Waals surface area (Å²) in [6.45, 7) is 8.53. The Morgan fingerprint density at radius 1 is 1.12 bits per heavy atom. The first-order valence-corrected chi connectivity index (χ1v) is 12.7. The molecule has 4 nitrogen and oxygen atoms in total. The van der Waals surface area contributed by atoms with Crippen LogP contribution in [0.4, 0.5) is 11.4 Å². The van der Waals surface area contributed by atoms with Gasteiger partial charge in [0.25, 0.3) is 5.91 Å². The summed E-state index contributed by atoms with van der Waals surface area (Å²) in [5.41, 5.74) is 6.71. The number of aryl methyl sites for hydroxylation is 2. The van der Waals surface area contributed by atoms with Crippen LogP contribution in [0.2, 0.25) is 0 Å². The first kappa shape index (κ1) is 23.7. The van der Waals surface area contributed by atoms with Crippen LogP contribution >= 0.6 is 11.8 Å². The molecule has 5 heteroatoms. The molecule has 2 aliphatic rings. The van der Waals surface area contributed by atoms with E-state index < -0.39 is 0 Å². The van der Waals surface area contributed by atoms with E-state index in [9.17, 15) is 4.79 Å². The fourth-order valence-corrected chi connectivity index (χ4v) is 5.74. The summed E-state index contributed by atoms with van der Waals surface area (Å²) in [5, 5.41) is 5.16. The summed E-state index contributed by atoms with van der Waals surface area (Å²) < 4.78 is 0. The lowest BCUT2D eigenvalue weighted by Crippen LogP contribution is -2.31. The molecule has 33 heavy (non-hydrogen) atoms. The standard InChI is InChI=1S/C28H35N3OS/c1-19-6-12-25(21(3)16-19)27-13-7-20(2)26(18-33-27)28(32)29-22-8-10-23(11-9-22)31-15-14-24(17-31)30(4)5/h6,8-13,16,18,20,24H,7,14-15,17H2,1-5H3,(H,29,32). The fraction of sp³-hybridized carbons (Fsp3) is 0.393. The molecule has 0 saturated carbocycles. The number of carbonyl (C=O) groups excluding carboxylic acids is 1. The van der Waals surface area contributed by atoms with Crippen LogP contribution in [0, 0.1) is 19.8 Å². The van der Waals surface area contributed by atoms with E-state index in [4.69, 9.17) is 0 Å². The summed E-state index contributed by atoms with van der Waals surface area (Å²) in [7, 11) is 4.30. The summed E-state index contributed by atoms with van der Waals surface area (Å²) in [4.78, 5) is 19.1. The third kappa shape index (κ3) is 5.53. The maximum absolute atomic E-state index is 13.1. The van der Waals surface area contributed by atoms with Crippen molar-refractivity contribution in [2.45, 2.75) is 39.7 Å². The Labute approximate surface area is 202 Å². The van der Waals surface area contributed by atoms with Gasteiger partial charge in [0.15, 0.2) is 0 Å². The SMILES string of the molecule is Cc1ccc(C2=CCC(C)C(C(=O)Nc3ccc(N4CCC(N(C)C)C4)cc3)=CS2)c(C)c1. The highest BCUT2D eigenvalue weighted by atomic mass is 32.2. The van der Waals surface area contributed by atoms with Crippen LogP contribution in [0.5, 0.6) is 0 Å². The maximum Gasteiger partial charge on any atom is 0.252 e. The van der Waals surface area contributed by atoms with Gasteiger partial charge in [0, 0.05) is 41.0 Å². The highest BCUT2D eigenvalue weighted by molar-refractivity contribution is 8.11. The molecular weight excluding hydrogens is 426 g/mol. The van der Waals surface area contributed by atoms with Gasteiger partial charge in [-0.2, -0.15) is 0 Å². The van der Waals surface area contributed by atoms with Crippen molar-refractivity contribution in [2.24, 2.45) is 5.92 Å². The quantitative estimate of drug-likeness (QED) is 0.585.